The first-order valence-electron chi connectivity index (χ1n) is 6.13. The normalized spacial score (nSPS) is 10.5. The molecule has 6 heteroatoms. The van der Waals surface area contributed by atoms with Crippen LogP contribution in [0, 0.1) is 0 Å². The highest BCUT2D eigenvalue weighted by Crippen LogP contribution is 2.24. The number of fused-ring (bicyclic) bond motifs is 1. The van der Waals surface area contributed by atoms with Gasteiger partial charge in [-0.15, -0.1) is 0 Å². The van der Waals surface area contributed by atoms with Gasteiger partial charge >= 0.3 is 5.97 Å². The van der Waals surface area contributed by atoms with Crippen molar-refractivity contribution in [3.63, 3.8) is 0 Å². The van der Waals surface area contributed by atoms with Gasteiger partial charge in [0.1, 0.15) is 0 Å². The van der Waals surface area contributed by atoms with E-state index in [4.69, 9.17) is 4.52 Å². The highest BCUT2D eigenvalue weighted by Gasteiger charge is 2.16. The van der Waals surface area contributed by atoms with Crippen molar-refractivity contribution in [1.82, 2.24) is 5.16 Å². The van der Waals surface area contributed by atoms with Crippen LogP contribution in [0.5, 0.6) is 0 Å². The molecule has 6 nitrogen and oxygen atoms in total. The van der Waals surface area contributed by atoms with Gasteiger partial charge in [-0.05, 0) is 22.9 Å². The molecule has 3 aromatic rings. The van der Waals surface area contributed by atoms with E-state index in [-0.39, 0.29) is 17.0 Å². The number of carboxylic acid groups (broad SMARTS) is 1. The van der Waals surface area contributed by atoms with Crippen molar-refractivity contribution in [2.45, 2.75) is 0 Å². The Hall–Kier alpha value is -3.15. The molecule has 104 valence electrons. The number of aromatic carboxylic acids is 1. The van der Waals surface area contributed by atoms with Gasteiger partial charge in [0.25, 0.3) is 5.91 Å². The van der Waals surface area contributed by atoms with E-state index in [1.54, 1.807) is 6.07 Å². The number of nitrogens with zero attached hydrogens (tertiary/aromatic N) is 1. The van der Waals surface area contributed by atoms with Crippen molar-refractivity contribution in [3.8, 4) is 0 Å². The Bertz CT molecular complexity index is 825. The molecule has 2 N–H and O–H groups in total. The van der Waals surface area contributed by atoms with E-state index in [0.29, 0.717) is 0 Å². The number of nitrogens with one attached hydrogen (secondary N) is 1. The first kappa shape index (κ1) is 12.9. The molecule has 1 amide bonds. The standard InChI is InChI=1S/C15H10N2O4/c18-14(13-5-6-16-21-13)17-12-8-10-4-2-1-3-9(10)7-11(12)15(19)20/h1-8H,(H,17,18)(H,19,20). The van der Waals surface area contributed by atoms with Crippen LogP contribution < -0.4 is 5.32 Å². The minimum atomic E-state index is -1.12. The van der Waals surface area contributed by atoms with Crippen LogP contribution in [0.3, 0.4) is 0 Å². The van der Waals surface area contributed by atoms with Crippen LogP contribution in [0.15, 0.2) is 53.2 Å². The number of rotatable bonds is 3. The van der Waals surface area contributed by atoms with Gasteiger partial charge in [0.05, 0.1) is 17.4 Å². The lowest BCUT2D eigenvalue weighted by atomic mass is 10.0. The summed E-state index contributed by atoms with van der Waals surface area (Å²) in [4.78, 5) is 23.3. The number of benzene rings is 2. The van der Waals surface area contributed by atoms with Gasteiger partial charge in [-0.2, -0.15) is 0 Å². The Morgan fingerprint density at radius 2 is 1.81 bits per heavy atom. The van der Waals surface area contributed by atoms with Gasteiger partial charge in [-0.3, -0.25) is 4.79 Å². The van der Waals surface area contributed by atoms with Gasteiger partial charge in [-0.1, -0.05) is 29.4 Å². The zero-order valence-corrected chi connectivity index (χ0v) is 10.7. The van der Waals surface area contributed by atoms with E-state index in [1.165, 1.54) is 18.3 Å². The molecular formula is C15H10N2O4. The maximum Gasteiger partial charge on any atom is 0.337 e. The average molecular weight is 282 g/mol. The quantitative estimate of drug-likeness (QED) is 0.770. The predicted octanol–water partition coefficient (Wildman–Crippen LogP) is 2.78. The number of carbonyl (C=O) groups is 2. The Morgan fingerprint density at radius 3 is 2.43 bits per heavy atom. The lowest BCUT2D eigenvalue weighted by Crippen LogP contribution is -2.14. The molecule has 0 radical (unpaired) electrons. The SMILES string of the molecule is O=C(Nc1cc2ccccc2cc1C(=O)O)c1ccno1. The zero-order chi connectivity index (χ0) is 14.8. The molecule has 1 aromatic heterocycles. The molecule has 0 saturated heterocycles. The predicted molar refractivity (Wildman–Crippen MR) is 75.4 cm³/mol. The maximum absolute atomic E-state index is 11.9. The second kappa shape index (κ2) is 5.09. The summed E-state index contributed by atoms with van der Waals surface area (Å²) in [5, 5.41) is 16.9. The number of amides is 1. The molecule has 0 aliphatic heterocycles. The van der Waals surface area contributed by atoms with Crippen molar-refractivity contribution >= 4 is 28.3 Å². The first-order valence-corrected chi connectivity index (χ1v) is 6.13. The largest absolute Gasteiger partial charge is 0.478 e. The molecule has 2 aromatic carbocycles. The van der Waals surface area contributed by atoms with Gasteiger partial charge in [0.2, 0.25) is 5.76 Å². The summed E-state index contributed by atoms with van der Waals surface area (Å²) < 4.78 is 4.75. The molecule has 21 heavy (non-hydrogen) atoms. The summed E-state index contributed by atoms with van der Waals surface area (Å²) in [6, 6.07) is 11.8. The van der Waals surface area contributed by atoms with Crippen molar-refractivity contribution < 1.29 is 19.2 Å². The Kier molecular flexibility index (Phi) is 3.12. The van der Waals surface area contributed by atoms with E-state index < -0.39 is 11.9 Å². The molecule has 0 saturated carbocycles. The third-order valence-corrected chi connectivity index (χ3v) is 3.03. The van der Waals surface area contributed by atoms with Crippen LogP contribution in [0.25, 0.3) is 10.8 Å². The summed E-state index contributed by atoms with van der Waals surface area (Å²) in [7, 11) is 0. The fourth-order valence-corrected chi connectivity index (χ4v) is 2.04. The summed E-state index contributed by atoms with van der Waals surface area (Å²) in [6.45, 7) is 0. The van der Waals surface area contributed by atoms with Gasteiger partial charge in [-0.25, -0.2) is 4.79 Å². The van der Waals surface area contributed by atoms with Crippen LogP contribution >= 0.6 is 0 Å². The number of hydrogen-bond acceptors (Lipinski definition) is 4. The second-order valence-electron chi connectivity index (χ2n) is 4.38. The van der Waals surface area contributed by atoms with Crippen molar-refractivity contribution in [2.24, 2.45) is 0 Å². The highest BCUT2D eigenvalue weighted by atomic mass is 16.5. The lowest BCUT2D eigenvalue weighted by molar-refractivity contribution is 0.0698. The smallest absolute Gasteiger partial charge is 0.337 e. The molecule has 1 heterocycles. The Balaban J connectivity index is 2.05. The van der Waals surface area contributed by atoms with Crippen LogP contribution in [-0.2, 0) is 0 Å². The molecule has 0 fully saturated rings. The average Bonchev–Trinajstić information content (AvgIpc) is 3.00. The third kappa shape index (κ3) is 2.46. The lowest BCUT2D eigenvalue weighted by Gasteiger charge is -2.09. The van der Waals surface area contributed by atoms with Gasteiger partial charge < -0.3 is 14.9 Å². The van der Waals surface area contributed by atoms with Gasteiger partial charge in [0, 0.05) is 6.07 Å². The number of aromatic nitrogens is 1. The van der Waals surface area contributed by atoms with Crippen molar-refractivity contribution in [2.75, 3.05) is 5.32 Å². The highest BCUT2D eigenvalue weighted by molar-refractivity contribution is 6.08. The number of anilines is 1. The Labute approximate surface area is 119 Å². The van der Waals surface area contributed by atoms with Crippen molar-refractivity contribution in [3.05, 3.63) is 60.0 Å². The van der Waals surface area contributed by atoms with Crippen molar-refractivity contribution in [1.29, 1.82) is 0 Å². The minimum absolute atomic E-state index is 0.0134. The topological polar surface area (TPSA) is 92.4 Å². The molecule has 0 aliphatic rings. The molecule has 0 unspecified atom stereocenters. The third-order valence-electron chi connectivity index (χ3n) is 3.03. The molecule has 0 atom stereocenters. The number of hydrogen-bond donors (Lipinski definition) is 2. The van der Waals surface area contributed by atoms with E-state index in [0.717, 1.165) is 10.8 Å². The zero-order valence-electron chi connectivity index (χ0n) is 10.7. The van der Waals surface area contributed by atoms with Crippen LogP contribution in [-0.4, -0.2) is 22.1 Å². The van der Waals surface area contributed by atoms with Crippen LogP contribution in [0.1, 0.15) is 20.9 Å². The summed E-state index contributed by atoms with van der Waals surface area (Å²) >= 11 is 0. The fraction of sp³-hybridized carbons (Fsp3) is 0. The van der Waals surface area contributed by atoms with E-state index in [1.807, 2.05) is 24.3 Å². The second-order valence-corrected chi connectivity index (χ2v) is 4.38. The molecule has 3 rings (SSSR count). The number of carbonyl (C=O) groups excluding carboxylic acids is 1. The fourth-order valence-electron chi connectivity index (χ4n) is 2.04. The van der Waals surface area contributed by atoms with Crippen LogP contribution in [0.4, 0.5) is 5.69 Å². The summed E-state index contributed by atoms with van der Waals surface area (Å²) in [5.41, 5.74) is 0.226. The molecule has 0 aliphatic carbocycles. The molecule has 0 spiro atoms. The monoisotopic (exact) mass is 282 g/mol. The van der Waals surface area contributed by atoms with E-state index in [2.05, 4.69) is 10.5 Å². The molecular weight excluding hydrogens is 272 g/mol. The maximum atomic E-state index is 11.9. The van der Waals surface area contributed by atoms with Gasteiger partial charge in [0.15, 0.2) is 0 Å². The van der Waals surface area contributed by atoms with E-state index in [9.17, 15) is 14.7 Å². The summed E-state index contributed by atoms with van der Waals surface area (Å²) in [5.74, 6) is -1.65. The summed E-state index contributed by atoms with van der Waals surface area (Å²) in [6.07, 6.45) is 1.34. The first-order chi connectivity index (χ1) is 10.1. The van der Waals surface area contributed by atoms with Crippen LogP contribution in [0.2, 0.25) is 0 Å². The minimum Gasteiger partial charge on any atom is -0.478 e. The number of carboxylic acids is 1. The molecule has 0 bridgehead atoms. The van der Waals surface area contributed by atoms with E-state index >= 15 is 0 Å². The Morgan fingerprint density at radius 1 is 1.10 bits per heavy atom.